The van der Waals surface area contributed by atoms with Crippen LogP contribution in [0.25, 0.3) is 0 Å². The fraction of sp³-hybridized carbons (Fsp3) is 0.833. The van der Waals surface area contributed by atoms with E-state index >= 15 is 0 Å². The van der Waals surface area contributed by atoms with E-state index in [-0.39, 0.29) is 0 Å². The van der Waals surface area contributed by atoms with Crippen molar-refractivity contribution in [3.8, 4) is 0 Å². The highest BCUT2D eigenvalue weighted by Gasteiger charge is 2.21. The predicted octanol–water partition coefficient (Wildman–Crippen LogP) is 2.01. The second-order valence-electron chi connectivity index (χ2n) is 4.80. The monoisotopic (exact) mass is 196 g/mol. The van der Waals surface area contributed by atoms with Gasteiger partial charge < -0.3 is 5.73 Å². The van der Waals surface area contributed by atoms with Crippen LogP contribution >= 0.6 is 0 Å². The first-order chi connectivity index (χ1) is 6.59. The summed E-state index contributed by atoms with van der Waals surface area (Å²) < 4.78 is 0. The Labute approximate surface area is 88.2 Å². The number of piperidine rings is 1. The van der Waals surface area contributed by atoms with Crippen LogP contribution in [0.2, 0.25) is 0 Å². The van der Waals surface area contributed by atoms with Crippen molar-refractivity contribution in [2.45, 2.75) is 39.7 Å². The summed E-state index contributed by atoms with van der Waals surface area (Å²) in [5.74, 6) is 0.703. The Morgan fingerprint density at radius 3 is 2.86 bits per heavy atom. The summed E-state index contributed by atoms with van der Waals surface area (Å²) in [5.41, 5.74) is 7.35. The standard InChI is InChI=1S/C12H24N2/c1-10(2)6-8-14-7-4-5-12(9-14)11(3)13/h6,11-12H,4-5,7-9,13H2,1-3H3. The van der Waals surface area contributed by atoms with E-state index in [1.165, 1.54) is 31.5 Å². The molecule has 2 unspecified atom stereocenters. The van der Waals surface area contributed by atoms with E-state index in [0.717, 1.165) is 6.54 Å². The Balaban J connectivity index is 2.36. The third kappa shape index (κ3) is 3.81. The molecular formula is C12H24N2. The molecule has 0 aromatic rings. The quantitative estimate of drug-likeness (QED) is 0.700. The first-order valence-electron chi connectivity index (χ1n) is 5.71. The Hall–Kier alpha value is -0.340. The first-order valence-corrected chi connectivity index (χ1v) is 5.71. The Bertz CT molecular complexity index is 192. The summed E-state index contributed by atoms with van der Waals surface area (Å²) >= 11 is 0. The fourth-order valence-corrected chi connectivity index (χ4v) is 2.00. The van der Waals surface area contributed by atoms with Gasteiger partial charge in [0, 0.05) is 19.1 Å². The van der Waals surface area contributed by atoms with Gasteiger partial charge >= 0.3 is 0 Å². The molecule has 2 heteroatoms. The lowest BCUT2D eigenvalue weighted by Gasteiger charge is -2.34. The molecule has 0 radical (unpaired) electrons. The van der Waals surface area contributed by atoms with Gasteiger partial charge in [0.2, 0.25) is 0 Å². The van der Waals surface area contributed by atoms with E-state index < -0.39 is 0 Å². The normalized spacial score (nSPS) is 25.9. The van der Waals surface area contributed by atoms with E-state index in [2.05, 4.69) is 31.7 Å². The summed E-state index contributed by atoms with van der Waals surface area (Å²) in [6.45, 7) is 9.98. The van der Waals surface area contributed by atoms with Crippen molar-refractivity contribution in [1.29, 1.82) is 0 Å². The van der Waals surface area contributed by atoms with Crippen LogP contribution in [-0.2, 0) is 0 Å². The van der Waals surface area contributed by atoms with Crippen molar-refractivity contribution in [3.05, 3.63) is 11.6 Å². The predicted molar refractivity (Wildman–Crippen MR) is 62.2 cm³/mol. The van der Waals surface area contributed by atoms with Gasteiger partial charge in [-0.1, -0.05) is 11.6 Å². The molecule has 0 bridgehead atoms. The number of hydrogen-bond acceptors (Lipinski definition) is 2. The second kappa shape index (κ2) is 5.52. The molecule has 0 saturated carbocycles. The Kier molecular flexibility index (Phi) is 4.63. The lowest BCUT2D eigenvalue weighted by atomic mass is 9.92. The van der Waals surface area contributed by atoms with Crippen LogP contribution < -0.4 is 5.73 Å². The van der Waals surface area contributed by atoms with Gasteiger partial charge in [-0.05, 0) is 46.1 Å². The number of likely N-dealkylation sites (tertiary alicyclic amines) is 1. The molecule has 1 aliphatic heterocycles. The number of nitrogens with two attached hydrogens (primary N) is 1. The number of nitrogens with zero attached hydrogens (tertiary/aromatic N) is 1. The zero-order chi connectivity index (χ0) is 10.6. The maximum absolute atomic E-state index is 5.94. The molecule has 82 valence electrons. The SMILES string of the molecule is CC(C)=CCN1CCCC(C(C)N)C1. The van der Waals surface area contributed by atoms with E-state index in [0.29, 0.717) is 12.0 Å². The third-order valence-electron chi connectivity index (χ3n) is 3.04. The zero-order valence-corrected chi connectivity index (χ0v) is 9.79. The van der Waals surface area contributed by atoms with Crippen molar-refractivity contribution < 1.29 is 0 Å². The zero-order valence-electron chi connectivity index (χ0n) is 9.79. The minimum atomic E-state index is 0.351. The maximum Gasteiger partial charge on any atom is 0.0165 e. The molecule has 0 amide bonds. The highest BCUT2D eigenvalue weighted by molar-refractivity contribution is 4.95. The van der Waals surface area contributed by atoms with Crippen molar-refractivity contribution >= 4 is 0 Å². The third-order valence-corrected chi connectivity index (χ3v) is 3.04. The van der Waals surface area contributed by atoms with Crippen molar-refractivity contribution in [3.63, 3.8) is 0 Å². The topological polar surface area (TPSA) is 29.3 Å². The molecule has 2 atom stereocenters. The van der Waals surface area contributed by atoms with Crippen molar-refractivity contribution in [2.24, 2.45) is 11.7 Å². The average Bonchev–Trinajstić information content (AvgIpc) is 2.15. The van der Waals surface area contributed by atoms with Crippen LogP contribution in [0.1, 0.15) is 33.6 Å². The Morgan fingerprint density at radius 1 is 1.57 bits per heavy atom. The molecular weight excluding hydrogens is 172 g/mol. The minimum Gasteiger partial charge on any atom is -0.328 e. The molecule has 0 aromatic heterocycles. The molecule has 1 aliphatic rings. The summed E-state index contributed by atoms with van der Waals surface area (Å²) in [6, 6.07) is 0.351. The largest absolute Gasteiger partial charge is 0.328 e. The molecule has 0 aromatic carbocycles. The van der Waals surface area contributed by atoms with Gasteiger partial charge in [0.15, 0.2) is 0 Å². The van der Waals surface area contributed by atoms with Gasteiger partial charge in [0.05, 0.1) is 0 Å². The van der Waals surface area contributed by atoms with Crippen LogP contribution in [0.4, 0.5) is 0 Å². The summed E-state index contributed by atoms with van der Waals surface area (Å²) in [6.07, 6.45) is 4.93. The van der Waals surface area contributed by atoms with E-state index in [9.17, 15) is 0 Å². The summed E-state index contributed by atoms with van der Waals surface area (Å²) in [7, 11) is 0. The highest BCUT2D eigenvalue weighted by Crippen LogP contribution is 2.18. The van der Waals surface area contributed by atoms with E-state index in [4.69, 9.17) is 5.73 Å². The summed E-state index contributed by atoms with van der Waals surface area (Å²) in [4.78, 5) is 2.52. The van der Waals surface area contributed by atoms with Gasteiger partial charge in [0.1, 0.15) is 0 Å². The molecule has 0 spiro atoms. The molecule has 1 saturated heterocycles. The van der Waals surface area contributed by atoms with Crippen LogP contribution in [0.15, 0.2) is 11.6 Å². The lowest BCUT2D eigenvalue weighted by Crippen LogP contribution is -2.42. The molecule has 0 aliphatic carbocycles. The minimum absolute atomic E-state index is 0.351. The highest BCUT2D eigenvalue weighted by atomic mass is 15.1. The van der Waals surface area contributed by atoms with Gasteiger partial charge in [0.25, 0.3) is 0 Å². The molecule has 2 N–H and O–H groups in total. The fourth-order valence-electron chi connectivity index (χ4n) is 2.00. The first kappa shape index (κ1) is 11.7. The smallest absolute Gasteiger partial charge is 0.0165 e. The van der Waals surface area contributed by atoms with Gasteiger partial charge in [-0.25, -0.2) is 0 Å². The van der Waals surface area contributed by atoms with Gasteiger partial charge in [-0.3, -0.25) is 4.90 Å². The molecule has 2 nitrogen and oxygen atoms in total. The lowest BCUT2D eigenvalue weighted by molar-refractivity contribution is 0.175. The molecule has 1 heterocycles. The van der Waals surface area contributed by atoms with Crippen molar-refractivity contribution in [1.82, 2.24) is 4.90 Å². The number of rotatable bonds is 3. The second-order valence-corrected chi connectivity index (χ2v) is 4.80. The molecule has 1 fully saturated rings. The molecule has 14 heavy (non-hydrogen) atoms. The number of allylic oxidation sites excluding steroid dienone is 1. The summed E-state index contributed by atoms with van der Waals surface area (Å²) in [5, 5.41) is 0. The Morgan fingerprint density at radius 2 is 2.29 bits per heavy atom. The van der Waals surface area contributed by atoms with Crippen LogP contribution in [0.5, 0.6) is 0 Å². The van der Waals surface area contributed by atoms with Gasteiger partial charge in [-0.2, -0.15) is 0 Å². The van der Waals surface area contributed by atoms with Crippen LogP contribution in [-0.4, -0.2) is 30.6 Å². The number of hydrogen-bond donors (Lipinski definition) is 1. The van der Waals surface area contributed by atoms with E-state index in [1.54, 1.807) is 0 Å². The van der Waals surface area contributed by atoms with Crippen molar-refractivity contribution in [2.75, 3.05) is 19.6 Å². The van der Waals surface area contributed by atoms with Crippen LogP contribution in [0, 0.1) is 5.92 Å². The molecule has 1 rings (SSSR count). The van der Waals surface area contributed by atoms with Crippen LogP contribution in [0.3, 0.4) is 0 Å². The average molecular weight is 196 g/mol. The van der Waals surface area contributed by atoms with E-state index in [1.807, 2.05) is 0 Å². The van der Waals surface area contributed by atoms with Gasteiger partial charge in [-0.15, -0.1) is 0 Å². The maximum atomic E-state index is 5.94.